The Labute approximate surface area is 93.4 Å². The molecule has 1 aliphatic rings. The van der Waals surface area contributed by atoms with Gasteiger partial charge in [-0.1, -0.05) is 0 Å². The van der Waals surface area contributed by atoms with Crippen LogP contribution in [0, 0.1) is 0 Å². The highest BCUT2D eigenvalue weighted by Gasteiger charge is 2.20. The van der Waals surface area contributed by atoms with Gasteiger partial charge in [0.2, 0.25) is 0 Å². The molecule has 2 rings (SSSR count). The monoisotopic (exact) mass is 220 g/mol. The van der Waals surface area contributed by atoms with Crippen LogP contribution in [-0.4, -0.2) is 26.8 Å². The fraction of sp³-hybridized carbons (Fsp3) is 0.250. The third-order valence-corrected chi connectivity index (χ3v) is 2.39. The Balaban J connectivity index is 2.58. The molecule has 0 aliphatic carbocycles. The third-order valence-electron chi connectivity index (χ3n) is 2.39. The lowest BCUT2D eigenvalue weighted by molar-refractivity contribution is 0.0596. The van der Waals surface area contributed by atoms with E-state index in [4.69, 9.17) is 14.2 Å². The lowest BCUT2D eigenvalue weighted by atomic mass is 10.1. The van der Waals surface area contributed by atoms with Gasteiger partial charge in [-0.2, -0.15) is 0 Å². The van der Waals surface area contributed by atoms with E-state index >= 15 is 0 Å². The zero-order chi connectivity index (χ0) is 11.5. The number of benzene rings is 1. The number of esters is 1. The fourth-order valence-corrected chi connectivity index (χ4v) is 1.64. The maximum atomic E-state index is 11.5. The normalized spacial score (nSPS) is 12.6. The van der Waals surface area contributed by atoms with Crippen LogP contribution in [0.3, 0.4) is 0 Å². The Morgan fingerprint density at radius 1 is 1.38 bits per heavy atom. The first-order chi connectivity index (χ1) is 7.77. The molecule has 4 nitrogen and oxygen atoms in total. The van der Waals surface area contributed by atoms with Crippen molar-refractivity contribution in [3.8, 4) is 11.5 Å². The predicted octanol–water partition coefficient (Wildman–Crippen LogP) is 1.89. The first-order valence-electron chi connectivity index (χ1n) is 4.86. The molecule has 0 unspecified atom stereocenters. The summed E-state index contributed by atoms with van der Waals surface area (Å²) in [7, 11) is 2.92. The molecule has 1 aromatic carbocycles. The number of carbonyl (C=O) groups is 1. The molecule has 4 heteroatoms. The minimum Gasteiger partial charge on any atom is -0.496 e. The second kappa shape index (κ2) is 4.26. The van der Waals surface area contributed by atoms with E-state index in [1.165, 1.54) is 7.11 Å². The molecule has 0 saturated heterocycles. The second-order valence-electron chi connectivity index (χ2n) is 3.26. The van der Waals surface area contributed by atoms with Gasteiger partial charge in [0.25, 0.3) is 0 Å². The van der Waals surface area contributed by atoms with E-state index in [1.54, 1.807) is 19.2 Å². The van der Waals surface area contributed by atoms with Crippen LogP contribution in [0.15, 0.2) is 18.2 Å². The highest BCUT2D eigenvalue weighted by atomic mass is 16.5. The number of rotatable bonds is 2. The van der Waals surface area contributed by atoms with Crippen LogP contribution in [0.5, 0.6) is 11.5 Å². The van der Waals surface area contributed by atoms with Gasteiger partial charge >= 0.3 is 5.97 Å². The average molecular weight is 220 g/mol. The first kappa shape index (κ1) is 10.5. The number of hydrogen-bond acceptors (Lipinski definition) is 4. The van der Waals surface area contributed by atoms with Crippen LogP contribution in [0.25, 0.3) is 6.08 Å². The minimum atomic E-state index is -0.408. The molecule has 0 aromatic heterocycles. The molecule has 0 N–H and O–H groups in total. The van der Waals surface area contributed by atoms with E-state index in [-0.39, 0.29) is 0 Å². The highest BCUT2D eigenvalue weighted by Crippen LogP contribution is 2.35. The van der Waals surface area contributed by atoms with Gasteiger partial charge in [0.15, 0.2) is 0 Å². The van der Waals surface area contributed by atoms with E-state index in [0.717, 1.165) is 5.56 Å². The summed E-state index contributed by atoms with van der Waals surface area (Å²) in [4.78, 5) is 11.5. The number of methoxy groups -OCH3 is 2. The maximum absolute atomic E-state index is 11.5. The van der Waals surface area contributed by atoms with Crippen LogP contribution in [-0.2, 0) is 4.74 Å². The van der Waals surface area contributed by atoms with Crippen molar-refractivity contribution in [2.45, 2.75) is 0 Å². The molecule has 1 aliphatic heterocycles. The molecule has 1 heterocycles. The molecule has 0 fully saturated rings. The molecular formula is C12H12O4. The third kappa shape index (κ3) is 1.62. The van der Waals surface area contributed by atoms with Crippen molar-refractivity contribution in [2.24, 2.45) is 0 Å². The Bertz CT molecular complexity index is 449. The van der Waals surface area contributed by atoms with Gasteiger partial charge in [0.05, 0.1) is 19.8 Å². The van der Waals surface area contributed by atoms with Gasteiger partial charge in [-0.15, -0.1) is 0 Å². The summed E-state index contributed by atoms with van der Waals surface area (Å²) < 4.78 is 15.3. The Hall–Kier alpha value is -1.97. The predicted molar refractivity (Wildman–Crippen MR) is 58.9 cm³/mol. The van der Waals surface area contributed by atoms with Gasteiger partial charge in [-0.3, -0.25) is 0 Å². The van der Waals surface area contributed by atoms with Crippen molar-refractivity contribution in [3.63, 3.8) is 0 Å². The Kier molecular flexibility index (Phi) is 2.81. The van der Waals surface area contributed by atoms with Crippen LogP contribution in [0.1, 0.15) is 15.9 Å². The van der Waals surface area contributed by atoms with Crippen LogP contribution in [0.4, 0.5) is 0 Å². The van der Waals surface area contributed by atoms with Crippen molar-refractivity contribution < 1.29 is 19.0 Å². The molecule has 0 bridgehead atoms. The Morgan fingerprint density at radius 3 is 2.88 bits per heavy atom. The molecular weight excluding hydrogens is 208 g/mol. The summed E-state index contributed by atoms with van der Waals surface area (Å²) in [5.74, 6) is 0.793. The van der Waals surface area contributed by atoms with Gasteiger partial charge in [-0.05, 0) is 24.3 Å². The van der Waals surface area contributed by atoms with Crippen molar-refractivity contribution in [1.82, 2.24) is 0 Å². The number of fused-ring (bicyclic) bond motifs is 1. The van der Waals surface area contributed by atoms with E-state index in [9.17, 15) is 4.79 Å². The van der Waals surface area contributed by atoms with Crippen LogP contribution >= 0.6 is 0 Å². The van der Waals surface area contributed by atoms with Crippen molar-refractivity contribution in [1.29, 1.82) is 0 Å². The topological polar surface area (TPSA) is 44.8 Å². The molecule has 0 atom stereocenters. The molecule has 0 amide bonds. The zero-order valence-corrected chi connectivity index (χ0v) is 9.15. The van der Waals surface area contributed by atoms with Crippen molar-refractivity contribution >= 4 is 12.0 Å². The number of ether oxygens (including phenoxy) is 3. The standard InChI is InChI=1S/C12H12O4/c1-14-10-6-5-9(12(13)15-2)11-8(10)4-3-7-16-11/h3-6H,7H2,1-2H3. The van der Waals surface area contributed by atoms with Gasteiger partial charge < -0.3 is 14.2 Å². The molecule has 0 spiro atoms. The minimum absolute atomic E-state index is 0.408. The van der Waals surface area contributed by atoms with E-state index in [1.807, 2.05) is 12.2 Å². The zero-order valence-electron chi connectivity index (χ0n) is 9.15. The summed E-state index contributed by atoms with van der Waals surface area (Å²) in [5, 5.41) is 0. The van der Waals surface area contributed by atoms with Crippen molar-refractivity contribution in [2.75, 3.05) is 20.8 Å². The van der Waals surface area contributed by atoms with E-state index < -0.39 is 5.97 Å². The lowest BCUT2D eigenvalue weighted by Crippen LogP contribution is -2.10. The quantitative estimate of drug-likeness (QED) is 0.714. The van der Waals surface area contributed by atoms with Gasteiger partial charge in [-0.25, -0.2) is 4.79 Å². The summed E-state index contributed by atoms with van der Waals surface area (Å²) in [6.07, 6.45) is 3.75. The molecule has 1 aromatic rings. The summed E-state index contributed by atoms with van der Waals surface area (Å²) in [6, 6.07) is 3.37. The summed E-state index contributed by atoms with van der Waals surface area (Å²) in [6.45, 7) is 0.449. The number of hydrogen-bond donors (Lipinski definition) is 0. The Morgan fingerprint density at radius 2 is 2.19 bits per heavy atom. The highest BCUT2D eigenvalue weighted by molar-refractivity contribution is 5.95. The fourth-order valence-electron chi connectivity index (χ4n) is 1.64. The summed E-state index contributed by atoms with van der Waals surface area (Å²) in [5.41, 5.74) is 1.19. The van der Waals surface area contributed by atoms with Crippen molar-refractivity contribution in [3.05, 3.63) is 29.3 Å². The average Bonchev–Trinajstić information content (AvgIpc) is 2.36. The number of carbonyl (C=O) groups excluding carboxylic acids is 1. The first-order valence-corrected chi connectivity index (χ1v) is 4.86. The molecule has 0 radical (unpaired) electrons. The summed E-state index contributed by atoms with van der Waals surface area (Å²) >= 11 is 0. The van der Waals surface area contributed by atoms with Crippen LogP contribution in [0.2, 0.25) is 0 Å². The van der Waals surface area contributed by atoms with E-state index in [0.29, 0.717) is 23.7 Å². The lowest BCUT2D eigenvalue weighted by Gasteiger charge is -2.17. The van der Waals surface area contributed by atoms with Gasteiger partial charge in [0.1, 0.15) is 23.7 Å². The molecule has 16 heavy (non-hydrogen) atoms. The molecule has 0 saturated carbocycles. The van der Waals surface area contributed by atoms with Crippen LogP contribution < -0.4 is 9.47 Å². The smallest absolute Gasteiger partial charge is 0.341 e. The second-order valence-corrected chi connectivity index (χ2v) is 3.26. The largest absolute Gasteiger partial charge is 0.496 e. The van der Waals surface area contributed by atoms with Gasteiger partial charge in [0, 0.05) is 0 Å². The molecule has 84 valence electrons. The van der Waals surface area contributed by atoms with E-state index in [2.05, 4.69) is 0 Å². The maximum Gasteiger partial charge on any atom is 0.341 e. The SMILES string of the molecule is COC(=O)c1ccc(OC)c2c1OCC=C2.